The van der Waals surface area contributed by atoms with Crippen LogP contribution >= 0.6 is 11.8 Å². The van der Waals surface area contributed by atoms with Crippen molar-refractivity contribution >= 4 is 17.8 Å². The number of aromatic nitrogens is 1. The summed E-state index contributed by atoms with van der Waals surface area (Å²) in [5, 5.41) is 3.86. The summed E-state index contributed by atoms with van der Waals surface area (Å²) in [6.07, 6.45) is 4.31. The summed E-state index contributed by atoms with van der Waals surface area (Å²) in [5.74, 6) is 2.80. The Kier molecular flexibility index (Phi) is 4.45. The average molecular weight is 245 g/mol. The van der Waals surface area contributed by atoms with E-state index in [9.17, 15) is 0 Å². The Morgan fingerprint density at radius 3 is 2.82 bits per heavy atom. The Morgan fingerprint density at radius 1 is 1.29 bits per heavy atom. The van der Waals surface area contributed by atoms with Gasteiger partial charge >= 0.3 is 0 Å². The first-order valence-electron chi connectivity index (χ1n) is 5.56. The van der Waals surface area contributed by atoms with Crippen LogP contribution in [0.2, 0.25) is 0 Å². The lowest BCUT2D eigenvalue weighted by Crippen LogP contribution is -1.77. The Morgan fingerprint density at radius 2 is 2.12 bits per heavy atom. The lowest BCUT2D eigenvalue weighted by Gasteiger charge is -1.93. The van der Waals surface area contributed by atoms with Gasteiger partial charge in [-0.05, 0) is 12.5 Å². The van der Waals surface area contributed by atoms with Gasteiger partial charge in [0.2, 0.25) is 0 Å². The zero-order chi connectivity index (χ0) is 11.9. The molecule has 2 rings (SSSR count). The predicted octanol–water partition coefficient (Wildman–Crippen LogP) is 3.93. The zero-order valence-electron chi connectivity index (χ0n) is 9.80. The van der Waals surface area contributed by atoms with Crippen LogP contribution in [0.4, 0.5) is 0 Å². The second kappa shape index (κ2) is 6.30. The molecule has 0 fully saturated rings. The molecule has 0 aliphatic carbocycles. The van der Waals surface area contributed by atoms with E-state index in [1.165, 1.54) is 5.56 Å². The van der Waals surface area contributed by atoms with Crippen molar-refractivity contribution in [1.82, 2.24) is 5.16 Å². The van der Waals surface area contributed by atoms with Crippen molar-refractivity contribution in [2.24, 2.45) is 0 Å². The summed E-state index contributed by atoms with van der Waals surface area (Å²) < 4.78 is 5.13. The molecule has 0 amide bonds. The van der Waals surface area contributed by atoms with E-state index in [1.807, 2.05) is 43.0 Å². The molecule has 17 heavy (non-hydrogen) atoms. The van der Waals surface area contributed by atoms with E-state index in [0.717, 1.165) is 23.0 Å². The minimum atomic E-state index is 0.875. The van der Waals surface area contributed by atoms with Crippen molar-refractivity contribution in [2.45, 2.75) is 12.7 Å². The van der Waals surface area contributed by atoms with Gasteiger partial charge in [0.1, 0.15) is 5.76 Å². The van der Waals surface area contributed by atoms with Gasteiger partial charge in [-0.25, -0.2) is 0 Å². The summed E-state index contributed by atoms with van der Waals surface area (Å²) in [4.78, 5) is 0. The second-order valence-electron chi connectivity index (χ2n) is 3.76. The van der Waals surface area contributed by atoms with Gasteiger partial charge in [0.25, 0.3) is 0 Å². The Balaban J connectivity index is 1.71. The molecule has 0 spiro atoms. The number of thioether (sulfide) groups is 1. The first-order valence-corrected chi connectivity index (χ1v) is 6.71. The molecule has 0 aliphatic heterocycles. The van der Waals surface area contributed by atoms with Crippen molar-refractivity contribution in [3.63, 3.8) is 0 Å². The molecule has 0 bridgehead atoms. The fraction of sp³-hybridized carbons (Fsp3) is 0.214. The molecule has 0 saturated carbocycles. The number of nitrogens with zero attached hydrogens (tertiary/aromatic N) is 1. The van der Waals surface area contributed by atoms with Crippen LogP contribution in [-0.4, -0.2) is 10.9 Å². The average Bonchev–Trinajstić information content (AvgIpc) is 2.76. The van der Waals surface area contributed by atoms with E-state index in [4.69, 9.17) is 4.52 Å². The van der Waals surface area contributed by atoms with Crippen LogP contribution in [0.5, 0.6) is 0 Å². The van der Waals surface area contributed by atoms with Crippen molar-refractivity contribution in [2.75, 3.05) is 5.75 Å². The lowest BCUT2D eigenvalue weighted by molar-refractivity contribution is 0.391. The highest BCUT2D eigenvalue weighted by Gasteiger charge is 1.98. The molecular weight excluding hydrogens is 230 g/mol. The van der Waals surface area contributed by atoms with Crippen LogP contribution in [0, 0.1) is 6.92 Å². The molecule has 0 aliphatic rings. The molecule has 2 nitrogen and oxygen atoms in total. The molecule has 1 aromatic carbocycles. The third-order valence-corrected chi connectivity index (χ3v) is 3.16. The number of benzene rings is 1. The molecule has 0 saturated heterocycles. The molecule has 3 heteroatoms. The van der Waals surface area contributed by atoms with Crippen LogP contribution in [0.3, 0.4) is 0 Å². The molecule has 1 aromatic heterocycles. The fourth-order valence-electron chi connectivity index (χ4n) is 1.46. The molecule has 0 atom stereocenters. The SMILES string of the molecule is Cc1cc(CSC/C=C/c2ccccc2)on1. The van der Waals surface area contributed by atoms with Gasteiger partial charge in [-0.15, -0.1) is 11.8 Å². The fourth-order valence-corrected chi connectivity index (χ4v) is 2.15. The number of rotatable bonds is 5. The van der Waals surface area contributed by atoms with Crippen LogP contribution in [-0.2, 0) is 5.75 Å². The van der Waals surface area contributed by atoms with Gasteiger partial charge in [0.05, 0.1) is 11.4 Å². The Bertz CT molecular complexity index is 476. The maximum Gasteiger partial charge on any atom is 0.146 e. The van der Waals surface area contributed by atoms with Crippen LogP contribution in [0.15, 0.2) is 47.0 Å². The highest BCUT2D eigenvalue weighted by atomic mass is 32.2. The molecule has 2 aromatic rings. The van der Waals surface area contributed by atoms with E-state index in [0.29, 0.717) is 0 Å². The maximum atomic E-state index is 5.13. The van der Waals surface area contributed by atoms with Crippen LogP contribution in [0.1, 0.15) is 17.0 Å². The van der Waals surface area contributed by atoms with E-state index in [-0.39, 0.29) is 0 Å². The van der Waals surface area contributed by atoms with Crippen molar-refractivity contribution < 1.29 is 4.52 Å². The molecular formula is C14H15NOS. The topological polar surface area (TPSA) is 26.0 Å². The third-order valence-electron chi connectivity index (χ3n) is 2.25. The van der Waals surface area contributed by atoms with Gasteiger partial charge in [-0.3, -0.25) is 0 Å². The molecule has 0 N–H and O–H groups in total. The maximum absolute atomic E-state index is 5.13. The molecule has 0 radical (unpaired) electrons. The molecule has 88 valence electrons. The first-order chi connectivity index (χ1) is 8.34. The van der Waals surface area contributed by atoms with Crippen molar-refractivity contribution in [3.8, 4) is 0 Å². The summed E-state index contributed by atoms with van der Waals surface area (Å²) in [6.45, 7) is 1.94. The highest BCUT2D eigenvalue weighted by Crippen LogP contribution is 2.13. The van der Waals surface area contributed by atoms with Gasteiger partial charge in [-0.2, -0.15) is 0 Å². The van der Waals surface area contributed by atoms with Gasteiger partial charge in [0, 0.05) is 11.8 Å². The zero-order valence-corrected chi connectivity index (χ0v) is 10.6. The van der Waals surface area contributed by atoms with E-state index in [2.05, 4.69) is 29.4 Å². The van der Waals surface area contributed by atoms with Gasteiger partial charge < -0.3 is 4.52 Å². The minimum Gasteiger partial charge on any atom is -0.360 e. The van der Waals surface area contributed by atoms with Crippen molar-refractivity contribution in [3.05, 3.63) is 59.5 Å². The quantitative estimate of drug-likeness (QED) is 0.746. The molecule has 1 heterocycles. The second-order valence-corrected chi connectivity index (χ2v) is 4.79. The number of hydrogen-bond donors (Lipinski definition) is 0. The Hall–Kier alpha value is -1.48. The minimum absolute atomic E-state index is 0.875. The standard InChI is InChI=1S/C14H15NOS/c1-12-10-14(16-15-12)11-17-9-5-8-13-6-3-2-4-7-13/h2-8,10H,9,11H2,1H3/b8-5+. The van der Waals surface area contributed by atoms with Gasteiger partial charge in [0.15, 0.2) is 0 Å². The smallest absolute Gasteiger partial charge is 0.146 e. The lowest BCUT2D eigenvalue weighted by atomic mass is 10.2. The first kappa shape index (κ1) is 12.0. The molecule has 0 unspecified atom stereocenters. The van der Waals surface area contributed by atoms with Crippen LogP contribution < -0.4 is 0 Å². The normalized spacial score (nSPS) is 11.1. The van der Waals surface area contributed by atoms with Gasteiger partial charge in [-0.1, -0.05) is 47.6 Å². The van der Waals surface area contributed by atoms with Crippen molar-refractivity contribution in [1.29, 1.82) is 0 Å². The number of aryl methyl sites for hydroxylation is 1. The summed E-state index contributed by atoms with van der Waals surface area (Å²) in [5.41, 5.74) is 2.18. The van der Waals surface area contributed by atoms with E-state index >= 15 is 0 Å². The monoisotopic (exact) mass is 245 g/mol. The Labute approximate surface area is 106 Å². The third kappa shape index (κ3) is 4.11. The van der Waals surface area contributed by atoms with Crippen LogP contribution in [0.25, 0.3) is 6.08 Å². The predicted molar refractivity (Wildman–Crippen MR) is 72.9 cm³/mol. The summed E-state index contributed by atoms with van der Waals surface area (Å²) in [6, 6.07) is 12.3. The largest absolute Gasteiger partial charge is 0.360 e. The summed E-state index contributed by atoms with van der Waals surface area (Å²) >= 11 is 1.82. The van der Waals surface area contributed by atoms with E-state index in [1.54, 1.807) is 0 Å². The number of hydrogen-bond acceptors (Lipinski definition) is 3. The highest BCUT2D eigenvalue weighted by molar-refractivity contribution is 7.98. The summed E-state index contributed by atoms with van der Waals surface area (Å²) in [7, 11) is 0. The van der Waals surface area contributed by atoms with E-state index < -0.39 is 0 Å².